The number of nitrogens with one attached hydrogen (secondary N) is 1. The molecular formula is C16H22N2O4. The standard InChI is InChI=1S/C16H22N2O4/c1-16(9-8-12-4-6-13(22-2)7-5-12)14(20)18(10-3-11-19)15(21)17-16/h4-7,19H,3,8-11H2,1-2H3,(H,17,21)/t16-/m0/s1. The number of aryl methyl sites for hydroxylation is 1. The van der Waals surface area contributed by atoms with E-state index in [0.717, 1.165) is 11.3 Å². The van der Waals surface area contributed by atoms with Crippen LogP contribution in [0.1, 0.15) is 25.3 Å². The average molecular weight is 306 g/mol. The normalized spacial score (nSPS) is 21.1. The van der Waals surface area contributed by atoms with Gasteiger partial charge >= 0.3 is 6.03 Å². The largest absolute Gasteiger partial charge is 0.497 e. The maximum Gasteiger partial charge on any atom is 0.325 e. The third-order valence-corrected chi connectivity index (χ3v) is 3.96. The Morgan fingerprint density at radius 2 is 1.95 bits per heavy atom. The quantitative estimate of drug-likeness (QED) is 0.745. The lowest BCUT2D eigenvalue weighted by atomic mass is 9.93. The van der Waals surface area contributed by atoms with Crippen molar-refractivity contribution in [1.82, 2.24) is 10.2 Å². The van der Waals surface area contributed by atoms with Crippen LogP contribution in [0.25, 0.3) is 0 Å². The molecule has 0 radical (unpaired) electrons. The molecule has 1 saturated heterocycles. The van der Waals surface area contributed by atoms with Gasteiger partial charge in [0.1, 0.15) is 11.3 Å². The van der Waals surface area contributed by atoms with Crippen molar-refractivity contribution in [3.8, 4) is 5.75 Å². The second kappa shape index (κ2) is 6.79. The Morgan fingerprint density at radius 3 is 2.55 bits per heavy atom. The van der Waals surface area contributed by atoms with Gasteiger partial charge in [-0.25, -0.2) is 4.79 Å². The van der Waals surface area contributed by atoms with Crippen molar-refractivity contribution >= 4 is 11.9 Å². The van der Waals surface area contributed by atoms with Crippen LogP contribution in [0.3, 0.4) is 0 Å². The minimum Gasteiger partial charge on any atom is -0.497 e. The fourth-order valence-corrected chi connectivity index (χ4v) is 2.53. The molecule has 1 aromatic rings. The number of amides is 3. The molecule has 0 unspecified atom stereocenters. The number of hydrogen-bond donors (Lipinski definition) is 2. The fraction of sp³-hybridized carbons (Fsp3) is 0.500. The summed E-state index contributed by atoms with van der Waals surface area (Å²) in [5.74, 6) is 0.565. The molecule has 22 heavy (non-hydrogen) atoms. The molecule has 0 bridgehead atoms. The molecule has 6 heteroatoms. The first-order chi connectivity index (χ1) is 10.5. The first-order valence-corrected chi connectivity index (χ1v) is 7.38. The highest BCUT2D eigenvalue weighted by Crippen LogP contribution is 2.24. The van der Waals surface area contributed by atoms with Crippen LogP contribution in [0.15, 0.2) is 24.3 Å². The highest BCUT2D eigenvalue weighted by atomic mass is 16.5. The molecule has 0 aromatic heterocycles. The maximum absolute atomic E-state index is 12.4. The summed E-state index contributed by atoms with van der Waals surface area (Å²) < 4.78 is 5.11. The van der Waals surface area contributed by atoms with Gasteiger partial charge in [0.15, 0.2) is 0 Å². The molecular weight excluding hydrogens is 284 g/mol. The Hall–Kier alpha value is -2.08. The highest BCUT2D eigenvalue weighted by molar-refractivity contribution is 6.06. The van der Waals surface area contributed by atoms with E-state index in [0.29, 0.717) is 19.3 Å². The van der Waals surface area contributed by atoms with Gasteiger partial charge in [0.05, 0.1) is 7.11 Å². The van der Waals surface area contributed by atoms with E-state index >= 15 is 0 Å². The van der Waals surface area contributed by atoms with Crippen molar-refractivity contribution < 1.29 is 19.4 Å². The van der Waals surface area contributed by atoms with E-state index < -0.39 is 5.54 Å². The highest BCUT2D eigenvalue weighted by Gasteiger charge is 2.46. The van der Waals surface area contributed by atoms with Crippen molar-refractivity contribution in [1.29, 1.82) is 0 Å². The molecule has 1 aromatic carbocycles. The van der Waals surface area contributed by atoms with Gasteiger partial charge in [0, 0.05) is 13.2 Å². The lowest BCUT2D eigenvalue weighted by molar-refractivity contribution is -0.131. The predicted molar refractivity (Wildman–Crippen MR) is 81.7 cm³/mol. The Morgan fingerprint density at radius 1 is 1.27 bits per heavy atom. The zero-order valence-electron chi connectivity index (χ0n) is 13.0. The summed E-state index contributed by atoms with van der Waals surface area (Å²) in [7, 11) is 1.61. The Labute approximate surface area is 130 Å². The first kappa shape index (κ1) is 16.3. The zero-order chi connectivity index (χ0) is 16.2. The summed E-state index contributed by atoms with van der Waals surface area (Å²) in [6.07, 6.45) is 1.60. The Kier molecular flexibility index (Phi) is 5.03. The number of methoxy groups -OCH3 is 1. The van der Waals surface area contributed by atoms with E-state index in [1.807, 2.05) is 24.3 Å². The number of benzene rings is 1. The van der Waals surface area contributed by atoms with Crippen molar-refractivity contribution in [2.75, 3.05) is 20.3 Å². The number of aliphatic hydroxyl groups excluding tert-OH is 1. The molecule has 3 amide bonds. The molecule has 1 fully saturated rings. The molecule has 0 aliphatic carbocycles. The van der Waals surface area contributed by atoms with Gasteiger partial charge in [0.25, 0.3) is 5.91 Å². The first-order valence-electron chi connectivity index (χ1n) is 7.38. The lowest BCUT2D eigenvalue weighted by Gasteiger charge is -2.21. The van der Waals surface area contributed by atoms with E-state index in [1.165, 1.54) is 4.90 Å². The second-order valence-electron chi connectivity index (χ2n) is 5.64. The van der Waals surface area contributed by atoms with Gasteiger partial charge in [-0.2, -0.15) is 0 Å². The second-order valence-corrected chi connectivity index (χ2v) is 5.64. The van der Waals surface area contributed by atoms with Gasteiger partial charge in [-0.1, -0.05) is 12.1 Å². The number of nitrogens with zero attached hydrogens (tertiary/aromatic N) is 1. The molecule has 1 aliphatic heterocycles. The molecule has 1 heterocycles. The van der Waals surface area contributed by atoms with E-state index in [2.05, 4.69) is 5.32 Å². The number of carbonyl (C=O) groups excluding carboxylic acids is 2. The zero-order valence-corrected chi connectivity index (χ0v) is 13.0. The molecule has 0 spiro atoms. The van der Waals surface area contributed by atoms with E-state index in [4.69, 9.17) is 9.84 Å². The van der Waals surface area contributed by atoms with E-state index in [-0.39, 0.29) is 25.1 Å². The summed E-state index contributed by atoms with van der Waals surface area (Å²) in [4.78, 5) is 25.5. The van der Waals surface area contributed by atoms with Gasteiger partial charge in [0.2, 0.25) is 0 Å². The number of carbonyl (C=O) groups is 2. The minimum atomic E-state index is -0.882. The molecule has 2 N–H and O–H groups in total. The molecule has 1 atom stereocenters. The lowest BCUT2D eigenvalue weighted by Crippen LogP contribution is -2.44. The Bertz CT molecular complexity index is 544. The van der Waals surface area contributed by atoms with Crippen molar-refractivity contribution in [3.63, 3.8) is 0 Å². The van der Waals surface area contributed by atoms with Crippen LogP contribution in [0.5, 0.6) is 5.75 Å². The van der Waals surface area contributed by atoms with Gasteiger partial charge in [-0.3, -0.25) is 9.69 Å². The number of rotatable bonds is 7. The fourth-order valence-electron chi connectivity index (χ4n) is 2.53. The van der Waals surface area contributed by atoms with E-state index in [1.54, 1.807) is 14.0 Å². The van der Waals surface area contributed by atoms with Crippen LogP contribution in [-0.4, -0.2) is 47.7 Å². The van der Waals surface area contributed by atoms with Crippen molar-refractivity contribution in [2.45, 2.75) is 31.7 Å². The molecule has 0 saturated carbocycles. The van der Waals surface area contributed by atoms with Crippen LogP contribution in [0, 0.1) is 0 Å². The van der Waals surface area contributed by atoms with Gasteiger partial charge in [-0.05, 0) is 43.9 Å². The molecule has 1 aliphatic rings. The number of imide groups is 1. The van der Waals surface area contributed by atoms with Crippen LogP contribution in [-0.2, 0) is 11.2 Å². The topological polar surface area (TPSA) is 78.9 Å². The van der Waals surface area contributed by atoms with Crippen molar-refractivity contribution in [2.24, 2.45) is 0 Å². The SMILES string of the molecule is COc1ccc(CC[C@]2(C)NC(=O)N(CCCO)C2=O)cc1. The third-order valence-electron chi connectivity index (χ3n) is 3.96. The smallest absolute Gasteiger partial charge is 0.325 e. The number of aliphatic hydroxyl groups is 1. The monoisotopic (exact) mass is 306 g/mol. The summed E-state index contributed by atoms with van der Waals surface area (Å²) in [6.45, 7) is 1.95. The molecule has 120 valence electrons. The number of ether oxygens (including phenoxy) is 1. The van der Waals surface area contributed by atoms with Crippen LogP contribution >= 0.6 is 0 Å². The number of hydrogen-bond acceptors (Lipinski definition) is 4. The molecule has 2 rings (SSSR count). The van der Waals surface area contributed by atoms with E-state index in [9.17, 15) is 9.59 Å². The van der Waals surface area contributed by atoms with Crippen LogP contribution in [0.2, 0.25) is 0 Å². The van der Waals surface area contributed by atoms with Crippen LogP contribution in [0.4, 0.5) is 4.79 Å². The van der Waals surface area contributed by atoms with Gasteiger partial charge in [-0.15, -0.1) is 0 Å². The average Bonchev–Trinajstić information content (AvgIpc) is 2.74. The third kappa shape index (κ3) is 3.39. The van der Waals surface area contributed by atoms with Crippen molar-refractivity contribution in [3.05, 3.63) is 29.8 Å². The summed E-state index contributed by atoms with van der Waals surface area (Å²) in [5.41, 5.74) is 0.199. The number of urea groups is 1. The summed E-state index contributed by atoms with van der Waals surface area (Å²) >= 11 is 0. The predicted octanol–water partition coefficient (Wildman–Crippen LogP) is 1.32. The Balaban J connectivity index is 1.98. The maximum atomic E-state index is 12.4. The minimum absolute atomic E-state index is 0.0420. The van der Waals surface area contributed by atoms with Gasteiger partial charge < -0.3 is 15.2 Å². The van der Waals surface area contributed by atoms with Crippen LogP contribution < -0.4 is 10.1 Å². The summed E-state index contributed by atoms with van der Waals surface area (Å²) in [6, 6.07) is 7.27. The molecule has 6 nitrogen and oxygen atoms in total. The summed E-state index contributed by atoms with van der Waals surface area (Å²) in [5, 5.41) is 11.6.